The van der Waals surface area contributed by atoms with Crippen LogP contribution < -0.4 is 10.5 Å². The number of hydrogen-bond donors (Lipinski definition) is 2. The molecule has 3 N–H and O–H groups in total. The lowest BCUT2D eigenvalue weighted by Gasteiger charge is -2.12. The van der Waals surface area contributed by atoms with E-state index in [2.05, 4.69) is 15.1 Å². The van der Waals surface area contributed by atoms with E-state index in [1.54, 1.807) is 0 Å². The molecule has 0 aliphatic heterocycles. The number of nitrogens with zero attached hydrogens (tertiary/aromatic N) is 3. The minimum absolute atomic E-state index is 0.0204. The Labute approximate surface area is 116 Å². The quantitative estimate of drug-likeness (QED) is 0.393. The molecule has 0 aliphatic rings. The lowest BCUT2D eigenvalue weighted by molar-refractivity contribution is -0.138. The molecule has 2 aromatic rings. The van der Waals surface area contributed by atoms with E-state index >= 15 is 0 Å². The van der Waals surface area contributed by atoms with Crippen LogP contribution >= 0.6 is 0 Å². The Morgan fingerprint density at radius 3 is 2.62 bits per heavy atom. The van der Waals surface area contributed by atoms with Crippen molar-refractivity contribution in [2.45, 2.75) is 6.18 Å². The van der Waals surface area contributed by atoms with Crippen LogP contribution in [0.5, 0.6) is 11.8 Å². The van der Waals surface area contributed by atoms with Crippen molar-refractivity contribution in [2.24, 2.45) is 10.9 Å². The number of ether oxygens (including phenoxy) is 1. The van der Waals surface area contributed by atoms with Crippen LogP contribution in [0.4, 0.5) is 13.2 Å². The molecular weight excluding hydrogens is 289 g/mol. The van der Waals surface area contributed by atoms with Gasteiger partial charge in [0.25, 0.3) is 0 Å². The highest BCUT2D eigenvalue weighted by Gasteiger charge is 2.34. The van der Waals surface area contributed by atoms with Crippen molar-refractivity contribution in [3.63, 3.8) is 0 Å². The third-order valence-corrected chi connectivity index (χ3v) is 2.40. The monoisotopic (exact) mass is 298 g/mol. The van der Waals surface area contributed by atoms with Crippen molar-refractivity contribution in [3.8, 4) is 11.8 Å². The van der Waals surface area contributed by atoms with Gasteiger partial charge in [0, 0.05) is 6.20 Å². The van der Waals surface area contributed by atoms with Gasteiger partial charge in [0.05, 0.1) is 5.56 Å². The van der Waals surface area contributed by atoms with E-state index in [1.807, 2.05) is 0 Å². The van der Waals surface area contributed by atoms with Gasteiger partial charge in [0.2, 0.25) is 0 Å². The molecule has 0 bridgehead atoms. The van der Waals surface area contributed by atoms with Crippen molar-refractivity contribution in [2.75, 3.05) is 0 Å². The van der Waals surface area contributed by atoms with E-state index in [0.29, 0.717) is 0 Å². The highest BCUT2D eigenvalue weighted by molar-refractivity contribution is 5.95. The number of halogens is 3. The second-order valence-electron chi connectivity index (χ2n) is 3.81. The molecule has 0 radical (unpaired) electrons. The van der Waals surface area contributed by atoms with Crippen LogP contribution in [0, 0.1) is 0 Å². The summed E-state index contributed by atoms with van der Waals surface area (Å²) >= 11 is 0. The van der Waals surface area contributed by atoms with Gasteiger partial charge in [-0.3, -0.25) is 0 Å². The Kier molecular flexibility index (Phi) is 3.92. The summed E-state index contributed by atoms with van der Waals surface area (Å²) in [5.41, 5.74) is 4.39. The summed E-state index contributed by atoms with van der Waals surface area (Å²) in [6.07, 6.45) is -3.36. The molecule has 1 heterocycles. The van der Waals surface area contributed by atoms with Crippen LogP contribution in [0.3, 0.4) is 0 Å². The van der Waals surface area contributed by atoms with E-state index in [-0.39, 0.29) is 17.5 Å². The van der Waals surface area contributed by atoms with Crippen LogP contribution in [-0.4, -0.2) is 21.0 Å². The Balaban J connectivity index is 2.35. The number of oxime groups is 1. The van der Waals surface area contributed by atoms with Gasteiger partial charge in [0.15, 0.2) is 5.84 Å². The minimum Gasteiger partial charge on any atom is -0.424 e. The molecule has 0 fully saturated rings. The summed E-state index contributed by atoms with van der Waals surface area (Å²) < 4.78 is 43.5. The maximum absolute atomic E-state index is 12.8. The Morgan fingerprint density at radius 1 is 1.24 bits per heavy atom. The zero-order valence-corrected chi connectivity index (χ0v) is 10.4. The zero-order valence-electron chi connectivity index (χ0n) is 10.4. The maximum Gasteiger partial charge on any atom is 0.419 e. The summed E-state index contributed by atoms with van der Waals surface area (Å²) in [7, 11) is 0. The number of benzene rings is 1. The van der Waals surface area contributed by atoms with Gasteiger partial charge in [-0.25, -0.2) is 4.98 Å². The normalized spacial score (nSPS) is 12.2. The molecule has 2 rings (SSSR count). The van der Waals surface area contributed by atoms with Crippen LogP contribution in [0.1, 0.15) is 11.3 Å². The second kappa shape index (κ2) is 5.65. The lowest BCUT2D eigenvalue weighted by atomic mass is 10.2. The van der Waals surface area contributed by atoms with Crippen molar-refractivity contribution >= 4 is 5.84 Å². The number of amidine groups is 1. The smallest absolute Gasteiger partial charge is 0.419 e. The van der Waals surface area contributed by atoms with Gasteiger partial charge in [-0.1, -0.05) is 17.3 Å². The van der Waals surface area contributed by atoms with Crippen LogP contribution in [0.2, 0.25) is 0 Å². The first-order chi connectivity index (χ1) is 9.91. The molecule has 6 nitrogen and oxygen atoms in total. The third-order valence-electron chi connectivity index (χ3n) is 2.40. The van der Waals surface area contributed by atoms with E-state index in [1.165, 1.54) is 24.4 Å². The third kappa shape index (κ3) is 3.38. The fraction of sp³-hybridized carbons (Fsp3) is 0.0833. The van der Waals surface area contributed by atoms with Crippen LogP contribution in [0.25, 0.3) is 0 Å². The number of aromatic nitrogens is 2. The fourth-order valence-corrected chi connectivity index (χ4v) is 1.47. The Bertz CT molecular complexity index is 674. The SMILES string of the molecule is N/C(=N/O)c1ccnc(Oc2ccccc2C(F)(F)F)n1. The van der Waals surface area contributed by atoms with Crippen molar-refractivity contribution < 1.29 is 23.1 Å². The first-order valence-corrected chi connectivity index (χ1v) is 5.57. The molecular formula is C12H9F3N4O2. The molecule has 0 saturated carbocycles. The average Bonchev–Trinajstić information content (AvgIpc) is 2.46. The fourth-order valence-electron chi connectivity index (χ4n) is 1.47. The summed E-state index contributed by atoms with van der Waals surface area (Å²) in [6.45, 7) is 0. The van der Waals surface area contributed by atoms with E-state index in [0.717, 1.165) is 12.1 Å². The lowest BCUT2D eigenvalue weighted by Crippen LogP contribution is -2.15. The molecule has 21 heavy (non-hydrogen) atoms. The molecule has 0 aliphatic carbocycles. The maximum atomic E-state index is 12.8. The average molecular weight is 298 g/mol. The first-order valence-electron chi connectivity index (χ1n) is 5.57. The van der Waals surface area contributed by atoms with Gasteiger partial charge in [0.1, 0.15) is 11.4 Å². The molecule has 0 amide bonds. The molecule has 9 heteroatoms. The summed E-state index contributed by atoms with van der Waals surface area (Å²) in [4.78, 5) is 7.43. The number of hydrogen-bond acceptors (Lipinski definition) is 5. The predicted octanol–water partition coefficient (Wildman–Crippen LogP) is 2.38. The molecule has 1 aromatic heterocycles. The number of para-hydroxylation sites is 1. The molecule has 0 atom stereocenters. The summed E-state index contributed by atoms with van der Waals surface area (Å²) in [5.74, 6) is -0.756. The number of nitrogens with two attached hydrogens (primary N) is 1. The zero-order chi connectivity index (χ0) is 15.5. The van der Waals surface area contributed by atoms with Crippen molar-refractivity contribution in [1.29, 1.82) is 0 Å². The second-order valence-corrected chi connectivity index (χ2v) is 3.81. The largest absolute Gasteiger partial charge is 0.424 e. The van der Waals surface area contributed by atoms with Gasteiger partial charge in [-0.15, -0.1) is 0 Å². The van der Waals surface area contributed by atoms with Crippen LogP contribution in [0.15, 0.2) is 41.7 Å². The van der Waals surface area contributed by atoms with Gasteiger partial charge < -0.3 is 15.7 Å². The Morgan fingerprint density at radius 2 is 1.95 bits per heavy atom. The van der Waals surface area contributed by atoms with E-state index in [9.17, 15) is 13.2 Å². The first kappa shape index (κ1) is 14.6. The summed E-state index contributed by atoms with van der Waals surface area (Å²) in [6, 6.07) is 5.61. The predicted molar refractivity (Wildman–Crippen MR) is 66.1 cm³/mol. The topological polar surface area (TPSA) is 93.6 Å². The van der Waals surface area contributed by atoms with Crippen molar-refractivity contribution in [1.82, 2.24) is 9.97 Å². The molecule has 1 aromatic carbocycles. The van der Waals surface area contributed by atoms with Crippen LogP contribution in [-0.2, 0) is 6.18 Å². The standard InChI is InChI=1S/C12H9F3N4O2/c13-12(14,15)7-3-1-2-4-9(7)21-11-17-6-5-8(18-11)10(16)19-20/h1-6,20H,(H2,16,19). The van der Waals surface area contributed by atoms with E-state index in [4.69, 9.17) is 15.7 Å². The molecule has 0 spiro atoms. The van der Waals surface area contributed by atoms with Gasteiger partial charge in [-0.2, -0.15) is 18.2 Å². The molecule has 0 saturated heterocycles. The number of rotatable bonds is 3. The number of alkyl halides is 3. The molecule has 0 unspecified atom stereocenters. The van der Waals surface area contributed by atoms with E-state index < -0.39 is 17.5 Å². The highest BCUT2D eigenvalue weighted by atomic mass is 19.4. The minimum atomic E-state index is -4.57. The molecule has 110 valence electrons. The highest BCUT2D eigenvalue weighted by Crippen LogP contribution is 2.37. The van der Waals surface area contributed by atoms with Crippen molar-refractivity contribution in [3.05, 3.63) is 47.8 Å². The van der Waals surface area contributed by atoms with Gasteiger partial charge >= 0.3 is 12.2 Å². The Hall–Kier alpha value is -2.84. The summed E-state index contributed by atoms with van der Waals surface area (Å²) in [5, 5.41) is 11.3. The van der Waals surface area contributed by atoms with Gasteiger partial charge in [-0.05, 0) is 18.2 Å².